The van der Waals surface area contributed by atoms with Crippen LogP contribution in [0.4, 0.5) is 4.39 Å². The average molecular weight is 108 g/mol. The van der Waals surface area contributed by atoms with Crippen molar-refractivity contribution in [2.75, 3.05) is 12.6 Å². The molecule has 0 aromatic carbocycles. The third-order valence-corrected chi connectivity index (χ3v) is 1.56. The van der Waals surface area contributed by atoms with Crippen LogP contribution in [-0.2, 0) is 0 Å². The predicted molar refractivity (Wildman–Crippen MR) is 29.4 cm³/mol. The molecule has 38 valence electrons. The van der Waals surface area contributed by atoms with E-state index in [4.69, 9.17) is 0 Å². The normalized spacial score (nSPS) is 11.0. The van der Waals surface area contributed by atoms with E-state index in [9.17, 15) is 4.39 Å². The molecule has 2 heteroatoms. The lowest BCUT2D eigenvalue weighted by Crippen LogP contribution is -1.66. The zero-order chi connectivity index (χ0) is 4.83. The number of hydrogen-bond donors (Lipinski definition) is 0. The second-order valence-electron chi connectivity index (χ2n) is 1.13. The summed E-state index contributed by atoms with van der Waals surface area (Å²) in [5.41, 5.74) is 0. The van der Waals surface area contributed by atoms with Crippen LogP contribution in [0.25, 0.3) is 0 Å². The zero-order valence-corrected chi connectivity index (χ0v) is 5.00. The lowest BCUT2D eigenvalue weighted by atomic mass is 10.6. The first-order valence-corrected chi connectivity index (χ1v) is 3.60. The van der Waals surface area contributed by atoms with Crippen LogP contribution in [0, 0.1) is 0 Å². The monoisotopic (exact) mass is 108 g/mol. The van der Waals surface area contributed by atoms with Gasteiger partial charge in [0.05, 0.1) is 0 Å². The highest BCUT2D eigenvalue weighted by molar-refractivity contribution is 7.37. The molecule has 0 nitrogen and oxygen atoms in total. The van der Waals surface area contributed by atoms with Gasteiger partial charge in [-0.25, -0.2) is 4.39 Å². The van der Waals surface area contributed by atoms with E-state index in [1.807, 2.05) is 0 Å². The van der Waals surface area contributed by atoms with Crippen molar-refractivity contribution in [3.8, 4) is 0 Å². The topological polar surface area (TPSA) is 0 Å². The number of rotatable bonds is 3. The van der Waals surface area contributed by atoms with Gasteiger partial charge in [-0.05, 0) is 6.16 Å². The lowest BCUT2D eigenvalue weighted by molar-refractivity contribution is 0.601. The Morgan fingerprint density at radius 3 is 2.50 bits per heavy atom. The maximum absolute atomic E-state index is 11.2. The van der Waals surface area contributed by atoms with Crippen molar-refractivity contribution < 1.29 is 4.39 Å². The van der Waals surface area contributed by atoms with Crippen LogP contribution >= 0.6 is 8.58 Å². The molecule has 0 aliphatic rings. The van der Waals surface area contributed by atoms with E-state index in [0.717, 1.165) is 12.6 Å². The fourth-order valence-electron chi connectivity index (χ4n) is 0.244. The Hall–Kier alpha value is 0.360. The van der Waals surface area contributed by atoms with Gasteiger partial charge in [-0.1, -0.05) is 21.9 Å². The van der Waals surface area contributed by atoms with E-state index in [0.29, 0.717) is 8.58 Å². The van der Waals surface area contributed by atoms with Crippen molar-refractivity contribution in [3.05, 3.63) is 0 Å². The number of alkyl halides is 1. The smallest absolute Gasteiger partial charge is 0.106 e. The Labute approximate surface area is 39.9 Å². The fraction of sp³-hybridized carbons (Fsp3) is 1.00. The molecule has 0 N–H and O–H groups in total. The van der Waals surface area contributed by atoms with Gasteiger partial charge < -0.3 is 0 Å². The fourth-order valence-corrected chi connectivity index (χ4v) is 0.731. The van der Waals surface area contributed by atoms with Crippen molar-refractivity contribution in [1.29, 1.82) is 0 Å². The summed E-state index contributed by atoms with van der Waals surface area (Å²) < 4.78 is 11.2. The summed E-state index contributed by atoms with van der Waals surface area (Å²) in [6.45, 7) is 2.07. The Kier molecular flexibility index (Phi) is 5.68. The average Bonchev–Trinajstić information content (AvgIpc) is 1.61. The van der Waals surface area contributed by atoms with E-state index in [2.05, 4.69) is 6.92 Å². The third kappa shape index (κ3) is 4.36. The van der Waals surface area contributed by atoms with Crippen LogP contribution in [0.15, 0.2) is 0 Å². The highest BCUT2D eigenvalue weighted by atomic mass is 31.1. The molecule has 0 saturated heterocycles. The van der Waals surface area contributed by atoms with Crippen molar-refractivity contribution >= 4 is 8.58 Å². The molecule has 0 aromatic heterocycles. The molecule has 0 aliphatic heterocycles. The van der Waals surface area contributed by atoms with Gasteiger partial charge in [0.25, 0.3) is 0 Å². The lowest BCUT2D eigenvalue weighted by Gasteiger charge is -1.84. The molecule has 0 heterocycles. The molecule has 0 saturated carbocycles. The molecule has 1 unspecified atom stereocenters. The van der Waals surface area contributed by atoms with Crippen LogP contribution in [-0.4, -0.2) is 12.6 Å². The second-order valence-corrected chi connectivity index (χ2v) is 2.40. The van der Waals surface area contributed by atoms with Crippen molar-refractivity contribution in [1.82, 2.24) is 0 Å². The van der Waals surface area contributed by atoms with Gasteiger partial charge in [0.15, 0.2) is 0 Å². The molecule has 1 atom stereocenters. The molecular weight excluding hydrogens is 98.0 g/mol. The Bertz CT molecular complexity index is 19.5. The van der Waals surface area contributed by atoms with Crippen LogP contribution in [0.3, 0.4) is 0 Å². The first-order valence-electron chi connectivity index (χ1n) is 2.18. The van der Waals surface area contributed by atoms with E-state index < -0.39 is 0 Å². The van der Waals surface area contributed by atoms with Crippen LogP contribution in [0.5, 0.6) is 0 Å². The summed E-state index contributed by atoms with van der Waals surface area (Å²) >= 11 is 0. The summed E-state index contributed by atoms with van der Waals surface area (Å²) in [4.78, 5) is 0. The molecule has 0 spiro atoms. The molecule has 0 aromatic rings. The second kappa shape index (κ2) is 5.36. The first kappa shape index (κ1) is 6.36. The maximum atomic E-state index is 11.2. The molecule has 0 fully saturated rings. The van der Waals surface area contributed by atoms with E-state index >= 15 is 0 Å². The minimum absolute atomic E-state index is 0.117. The largest absolute Gasteiger partial charge is 0.246 e. The van der Waals surface area contributed by atoms with Crippen LogP contribution in [0.2, 0.25) is 0 Å². The van der Waals surface area contributed by atoms with E-state index in [-0.39, 0.29) is 6.42 Å². The highest BCUT2D eigenvalue weighted by Crippen LogP contribution is 2.09. The van der Waals surface area contributed by atoms with Crippen molar-refractivity contribution in [2.24, 2.45) is 0 Å². The first-order chi connectivity index (χ1) is 2.91. The van der Waals surface area contributed by atoms with Gasteiger partial charge in [-0.15, -0.1) is 0 Å². The maximum Gasteiger partial charge on any atom is 0.106 e. The molecule has 0 aliphatic carbocycles. The SMILES string of the molecule is CCCPCF. The minimum Gasteiger partial charge on any atom is -0.246 e. The van der Waals surface area contributed by atoms with Crippen molar-refractivity contribution in [2.45, 2.75) is 13.3 Å². The Morgan fingerprint density at radius 1 is 1.67 bits per heavy atom. The van der Waals surface area contributed by atoms with Gasteiger partial charge in [-0.2, -0.15) is 0 Å². The summed E-state index contributed by atoms with van der Waals surface area (Å²) in [6, 6.07) is 0. The van der Waals surface area contributed by atoms with Gasteiger partial charge in [0.2, 0.25) is 0 Å². The molecule has 6 heavy (non-hydrogen) atoms. The van der Waals surface area contributed by atoms with Crippen LogP contribution < -0.4 is 0 Å². The van der Waals surface area contributed by atoms with Gasteiger partial charge >= 0.3 is 0 Å². The Balaban J connectivity index is 2.34. The molecule has 0 amide bonds. The highest BCUT2D eigenvalue weighted by Gasteiger charge is 1.77. The van der Waals surface area contributed by atoms with Gasteiger partial charge in [0.1, 0.15) is 6.42 Å². The van der Waals surface area contributed by atoms with Crippen LogP contribution in [0.1, 0.15) is 13.3 Å². The summed E-state index contributed by atoms with van der Waals surface area (Å²) in [5.74, 6) is 0. The molecule has 0 rings (SSSR count). The zero-order valence-electron chi connectivity index (χ0n) is 4.00. The summed E-state index contributed by atoms with van der Waals surface area (Å²) in [5, 5.41) is 0. The molecular formula is C4H10FP. The minimum atomic E-state index is -0.117. The quantitative estimate of drug-likeness (QED) is 0.383. The van der Waals surface area contributed by atoms with E-state index in [1.54, 1.807) is 0 Å². The molecule has 0 radical (unpaired) electrons. The number of halogens is 1. The summed E-state index contributed by atoms with van der Waals surface area (Å²) in [7, 11) is 0.548. The Morgan fingerprint density at radius 2 is 2.33 bits per heavy atom. The van der Waals surface area contributed by atoms with Gasteiger partial charge in [0, 0.05) is 0 Å². The number of hydrogen-bond acceptors (Lipinski definition) is 0. The summed E-state index contributed by atoms with van der Waals surface area (Å²) in [6.07, 6.45) is 2.08. The predicted octanol–water partition coefficient (Wildman–Crippen LogP) is 2.00. The third-order valence-electron chi connectivity index (χ3n) is 0.521. The molecule has 0 bridgehead atoms. The van der Waals surface area contributed by atoms with Gasteiger partial charge in [-0.3, -0.25) is 0 Å². The van der Waals surface area contributed by atoms with Crippen molar-refractivity contribution in [3.63, 3.8) is 0 Å². The standard InChI is InChI=1S/C4H10FP/c1-2-3-6-4-5/h6H,2-4H2,1H3. The van der Waals surface area contributed by atoms with E-state index in [1.165, 1.54) is 0 Å².